The number of carbonyl (C=O) groups is 1. The number of nitrogens with two attached hydrogens (primary N) is 1. The molecule has 27 heavy (non-hydrogen) atoms. The third kappa shape index (κ3) is 3.04. The lowest BCUT2D eigenvalue weighted by atomic mass is 10.2. The fourth-order valence-electron chi connectivity index (χ4n) is 3.09. The molecule has 0 aliphatic rings. The summed E-state index contributed by atoms with van der Waals surface area (Å²) < 4.78 is 2.69. The molecule has 6 nitrogen and oxygen atoms in total. The molecule has 0 saturated heterocycles. The van der Waals surface area contributed by atoms with Gasteiger partial charge in [-0.15, -0.1) is 0 Å². The van der Waals surface area contributed by atoms with Gasteiger partial charge in [0, 0.05) is 11.0 Å². The summed E-state index contributed by atoms with van der Waals surface area (Å²) in [6.45, 7) is 2.57. The molecule has 0 unspecified atom stereocenters. The van der Waals surface area contributed by atoms with Gasteiger partial charge in [-0.05, 0) is 36.8 Å². The third-order valence-corrected chi connectivity index (χ3v) is 4.82. The number of benzene rings is 2. The molecule has 0 aliphatic heterocycles. The molecule has 2 aromatic heterocycles. The van der Waals surface area contributed by atoms with E-state index < -0.39 is 0 Å². The predicted molar refractivity (Wildman–Crippen MR) is 111 cm³/mol. The van der Waals surface area contributed by atoms with Crippen LogP contribution in [0.5, 0.6) is 0 Å². The second-order valence-corrected chi connectivity index (χ2v) is 7.13. The largest absolute Gasteiger partial charge is 0.384 e. The van der Waals surface area contributed by atoms with Crippen LogP contribution in [-0.2, 0) is 0 Å². The molecule has 2 heterocycles. The molecule has 3 N–H and O–H groups in total. The van der Waals surface area contributed by atoms with Gasteiger partial charge >= 0.3 is 0 Å². The minimum Gasteiger partial charge on any atom is -0.384 e. The lowest BCUT2D eigenvalue weighted by Crippen LogP contribution is -2.25. The first-order valence-electron chi connectivity index (χ1n) is 8.71. The summed E-state index contributed by atoms with van der Waals surface area (Å²) in [6, 6.07) is 15.3. The number of nitrogens with zero attached hydrogens (tertiary/aromatic N) is 3. The first kappa shape index (κ1) is 17.5. The first-order valence-corrected chi connectivity index (χ1v) is 9.50. The van der Waals surface area contributed by atoms with Crippen molar-refractivity contribution in [2.24, 2.45) is 0 Å². The van der Waals surface area contributed by atoms with Gasteiger partial charge in [0.1, 0.15) is 16.9 Å². The molecule has 0 radical (unpaired) electrons. The number of halogens is 1. The minimum absolute atomic E-state index is 0.238. The predicted octanol–water partition coefficient (Wildman–Crippen LogP) is 4.06. The van der Waals surface area contributed by atoms with Crippen LogP contribution in [0.2, 0.25) is 0 Å². The maximum Gasteiger partial charge on any atom is 0.257 e. The number of carbonyl (C=O) groups excluding carboxylic acids is 1. The maximum absolute atomic E-state index is 12.8. The van der Waals surface area contributed by atoms with Crippen molar-refractivity contribution < 1.29 is 4.79 Å². The highest BCUT2D eigenvalue weighted by Crippen LogP contribution is 2.31. The van der Waals surface area contributed by atoms with E-state index in [0.29, 0.717) is 29.1 Å². The van der Waals surface area contributed by atoms with Crippen molar-refractivity contribution >= 4 is 49.9 Å². The van der Waals surface area contributed by atoms with Gasteiger partial charge in [-0.25, -0.2) is 9.97 Å². The van der Waals surface area contributed by atoms with Crippen molar-refractivity contribution in [3.63, 3.8) is 0 Å². The minimum atomic E-state index is -0.238. The molecule has 4 rings (SSSR count). The van der Waals surface area contributed by atoms with Crippen molar-refractivity contribution in [1.29, 1.82) is 0 Å². The Balaban J connectivity index is 2.05. The summed E-state index contributed by atoms with van der Waals surface area (Å²) in [4.78, 5) is 22.3. The molecule has 0 saturated carbocycles. The van der Waals surface area contributed by atoms with Crippen LogP contribution in [0.3, 0.4) is 0 Å². The molecule has 1 amide bonds. The SMILES string of the molecule is CCCNC(=O)c1c(N)n(-c2cccc(Br)c2)c2nc3ccccc3nc12. The second kappa shape index (κ2) is 7.00. The standard InChI is InChI=1S/C20H18BrN5O/c1-2-10-23-20(27)16-17-19(25-15-9-4-3-8-14(15)24-17)26(18(16)22)13-7-5-6-12(21)11-13/h3-9,11H,2,10,22H2,1H3,(H,23,27). The van der Waals surface area contributed by atoms with Crippen molar-refractivity contribution in [3.05, 3.63) is 58.6 Å². The van der Waals surface area contributed by atoms with Crippen LogP contribution in [0.15, 0.2) is 53.0 Å². The average molecular weight is 424 g/mol. The Hall–Kier alpha value is -2.93. The highest BCUT2D eigenvalue weighted by molar-refractivity contribution is 9.10. The fourth-order valence-corrected chi connectivity index (χ4v) is 3.48. The molecular formula is C20H18BrN5O. The fraction of sp³-hybridized carbons (Fsp3) is 0.150. The van der Waals surface area contributed by atoms with Crippen LogP contribution >= 0.6 is 15.9 Å². The molecule has 136 valence electrons. The Morgan fingerprint density at radius 1 is 1.15 bits per heavy atom. The van der Waals surface area contributed by atoms with Gasteiger partial charge in [-0.2, -0.15) is 0 Å². The molecule has 0 aliphatic carbocycles. The number of rotatable bonds is 4. The number of nitrogen functional groups attached to an aromatic ring is 1. The summed E-state index contributed by atoms with van der Waals surface area (Å²) in [5.41, 5.74) is 10.1. The average Bonchev–Trinajstić information content (AvgIpc) is 2.95. The van der Waals surface area contributed by atoms with Crippen molar-refractivity contribution in [1.82, 2.24) is 19.9 Å². The molecule has 7 heteroatoms. The van der Waals surface area contributed by atoms with Crippen molar-refractivity contribution in [3.8, 4) is 5.69 Å². The van der Waals surface area contributed by atoms with E-state index in [1.165, 1.54) is 0 Å². The Morgan fingerprint density at radius 2 is 1.89 bits per heavy atom. The smallest absolute Gasteiger partial charge is 0.257 e. The number of hydrogen-bond acceptors (Lipinski definition) is 4. The second-order valence-electron chi connectivity index (χ2n) is 6.22. The zero-order chi connectivity index (χ0) is 19.0. The van der Waals surface area contributed by atoms with Gasteiger partial charge in [0.15, 0.2) is 5.65 Å². The molecule has 2 aromatic carbocycles. The molecular weight excluding hydrogens is 406 g/mol. The van der Waals surface area contributed by atoms with Gasteiger partial charge < -0.3 is 11.1 Å². The number of fused-ring (bicyclic) bond motifs is 2. The van der Waals surface area contributed by atoms with E-state index in [9.17, 15) is 4.79 Å². The highest BCUT2D eigenvalue weighted by Gasteiger charge is 2.24. The molecule has 0 atom stereocenters. The summed E-state index contributed by atoms with van der Waals surface area (Å²) in [7, 11) is 0. The normalized spacial score (nSPS) is 11.2. The highest BCUT2D eigenvalue weighted by atomic mass is 79.9. The zero-order valence-corrected chi connectivity index (χ0v) is 16.3. The van der Waals surface area contributed by atoms with E-state index in [-0.39, 0.29) is 5.91 Å². The van der Waals surface area contributed by atoms with Gasteiger partial charge in [0.25, 0.3) is 5.91 Å². The number of aromatic nitrogens is 3. The van der Waals surface area contributed by atoms with E-state index in [4.69, 9.17) is 15.7 Å². The summed E-state index contributed by atoms with van der Waals surface area (Å²) >= 11 is 3.49. The number of anilines is 1. The van der Waals surface area contributed by atoms with E-state index in [1.54, 1.807) is 4.57 Å². The topological polar surface area (TPSA) is 85.8 Å². The van der Waals surface area contributed by atoms with Gasteiger partial charge in [0.05, 0.1) is 16.7 Å². The van der Waals surface area contributed by atoms with Crippen LogP contribution in [0.25, 0.3) is 27.9 Å². The quantitative estimate of drug-likeness (QED) is 0.518. The third-order valence-electron chi connectivity index (χ3n) is 4.33. The molecule has 4 aromatic rings. The van der Waals surface area contributed by atoms with Crippen molar-refractivity contribution in [2.45, 2.75) is 13.3 Å². The lowest BCUT2D eigenvalue weighted by molar-refractivity contribution is 0.0956. The van der Waals surface area contributed by atoms with Crippen LogP contribution in [-0.4, -0.2) is 27.0 Å². The zero-order valence-electron chi connectivity index (χ0n) is 14.7. The van der Waals surface area contributed by atoms with E-state index in [0.717, 1.165) is 27.6 Å². The van der Waals surface area contributed by atoms with Gasteiger partial charge in [-0.3, -0.25) is 9.36 Å². The van der Waals surface area contributed by atoms with E-state index in [2.05, 4.69) is 21.2 Å². The maximum atomic E-state index is 12.8. The molecule has 0 fully saturated rings. The van der Waals surface area contributed by atoms with Crippen LogP contribution in [0.4, 0.5) is 5.82 Å². The monoisotopic (exact) mass is 423 g/mol. The summed E-state index contributed by atoms with van der Waals surface area (Å²) in [5, 5.41) is 2.90. The number of amides is 1. The van der Waals surface area contributed by atoms with Gasteiger partial charge in [0.2, 0.25) is 0 Å². The summed E-state index contributed by atoms with van der Waals surface area (Å²) in [5.74, 6) is 0.0877. The van der Waals surface area contributed by atoms with E-state index in [1.807, 2.05) is 55.5 Å². The summed E-state index contributed by atoms with van der Waals surface area (Å²) in [6.07, 6.45) is 0.838. The Kier molecular flexibility index (Phi) is 4.53. The number of para-hydroxylation sites is 2. The number of nitrogens with one attached hydrogen (secondary N) is 1. The Bertz CT molecular complexity index is 1170. The Labute approximate surface area is 164 Å². The van der Waals surface area contributed by atoms with Crippen molar-refractivity contribution in [2.75, 3.05) is 12.3 Å². The van der Waals surface area contributed by atoms with Crippen LogP contribution < -0.4 is 11.1 Å². The lowest BCUT2D eigenvalue weighted by Gasteiger charge is -2.08. The number of hydrogen-bond donors (Lipinski definition) is 2. The van der Waals surface area contributed by atoms with Crippen LogP contribution in [0, 0.1) is 0 Å². The van der Waals surface area contributed by atoms with E-state index >= 15 is 0 Å². The van der Waals surface area contributed by atoms with Gasteiger partial charge in [-0.1, -0.05) is 41.1 Å². The molecule has 0 spiro atoms. The van der Waals surface area contributed by atoms with Crippen LogP contribution in [0.1, 0.15) is 23.7 Å². The first-order chi connectivity index (χ1) is 13.1. The Morgan fingerprint density at radius 3 is 2.59 bits per heavy atom. The molecule has 0 bridgehead atoms.